The first-order chi connectivity index (χ1) is 6.49. The number of aryl methyl sites for hydroxylation is 2. The molecule has 80 valence electrons. The van der Waals surface area contributed by atoms with Crippen molar-refractivity contribution in [1.82, 2.24) is 4.98 Å². The highest BCUT2D eigenvalue weighted by molar-refractivity contribution is 7.11. The molecule has 14 heavy (non-hydrogen) atoms. The van der Waals surface area contributed by atoms with Crippen LogP contribution < -0.4 is 0 Å². The highest BCUT2D eigenvalue weighted by atomic mass is 32.1. The molecule has 1 aromatic heterocycles. The van der Waals surface area contributed by atoms with Gasteiger partial charge in [0.1, 0.15) is 0 Å². The molecule has 1 N–H and O–H groups in total. The van der Waals surface area contributed by atoms with Crippen molar-refractivity contribution in [2.75, 3.05) is 0 Å². The number of hydrogen-bond acceptors (Lipinski definition) is 3. The van der Waals surface area contributed by atoms with Crippen LogP contribution >= 0.6 is 11.3 Å². The van der Waals surface area contributed by atoms with Crippen molar-refractivity contribution in [3.63, 3.8) is 0 Å². The normalized spacial score (nSPS) is 15.5. The summed E-state index contributed by atoms with van der Waals surface area (Å²) in [4.78, 5) is 5.80. The van der Waals surface area contributed by atoms with Crippen molar-refractivity contribution < 1.29 is 5.11 Å². The first-order valence-corrected chi connectivity index (χ1v) is 5.91. The molecule has 0 aliphatic carbocycles. The summed E-state index contributed by atoms with van der Waals surface area (Å²) in [5, 5.41) is 10.4. The summed E-state index contributed by atoms with van der Waals surface area (Å²) in [6.07, 6.45) is 1.65. The monoisotopic (exact) mass is 213 g/mol. The van der Waals surface area contributed by atoms with Crippen LogP contribution in [0.15, 0.2) is 0 Å². The quantitative estimate of drug-likeness (QED) is 0.834. The highest BCUT2D eigenvalue weighted by Crippen LogP contribution is 2.21. The Balaban J connectivity index is 2.51. The predicted molar refractivity (Wildman–Crippen MR) is 60.8 cm³/mol. The molecule has 0 aromatic carbocycles. The van der Waals surface area contributed by atoms with E-state index in [1.165, 1.54) is 9.88 Å². The summed E-state index contributed by atoms with van der Waals surface area (Å²) < 4.78 is 0. The van der Waals surface area contributed by atoms with Crippen molar-refractivity contribution in [2.24, 2.45) is 5.92 Å². The lowest BCUT2D eigenvalue weighted by atomic mass is 10.0. The summed E-state index contributed by atoms with van der Waals surface area (Å²) in [6, 6.07) is 0. The van der Waals surface area contributed by atoms with Crippen LogP contribution in [0.2, 0.25) is 0 Å². The van der Waals surface area contributed by atoms with Gasteiger partial charge in [0.2, 0.25) is 0 Å². The van der Waals surface area contributed by atoms with Gasteiger partial charge in [0.25, 0.3) is 0 Å². The largest absolute Gasteiger partial charge is 0.393 e. The number of rotatable bonds is 4. The third-order valence-electron chi connectivity index (χ3n) is 2.34. The lowest BCUT2D eigenvalue weighted by Crippen LogP contribution is -2.09. The van der Waals surface area contributed by atoms with Crippen LogP contribution in [0, 0.1) is 19.8 Å². The predicted octanol–water partition coefficient (Wildman–Crippen LogP) is 2.71. The van der Waals surface area contributed by atoms with Gasteiger partial charge in [-0.3, -0.25) is 0 Å². The van der Waals surface area contributed by atoms with Crippen LogP contribution in [0.4, 0.5) is 0 Å². The number of aliphatic hydroxyl groups excluding tert-OH is 1. The molecule has 1 rings (SSSR count). The molecule has 0 radical (unpaired) electrons. The first-order valence-electron chi connectivity index (χ1n) is 5.10. The lowest BCUT2D eigenvalue weighted by Gasteiger charge is -2.10. The van der Waals surface area contributed by atoms with Crippen LogP contribution in [0.5, 0.6) is 0 Å². The van der Waals surface area contributed by atoms with Gasteiger partial charge < -0.3 is 5.11 Å². The maximum absolute atomic E-state index is 9.24. The molecule has 0 saturated carbocycles. The summed E-state index contributed by atoms with van der Waals surface area (Å²) >= 11 is 1.78. The van der Waals surface area contributed by atoms with Crippen molar-refractivity contribution in [1.29, 1.82) is 0 Å². The van der Waals surface area contributed by atoms with Crippen molar-refractivity contribution in [2.45, 2.75) is 46.6 Å². The molecule has 0 spiro atoms. The fraction of sp³-hybridized carbons (Fsp3) is 0.727. The average Bonchev–Trinajstić information content (AvgIpc) is 2.28. The zero-order chi connectivity index (χ0) is 10.7. The third-order valence-corrected chi connectivity index (χ3v) is 3.43. The molecule has 0 saturated heterocycles. The molecule has 1 heterocycles. The van der Waals surface area contributed by atoms with E-state index < -0.39 is 0 Å². The van der Waals surface area contributed by atoms with Gasteiger partial charge in [0.15, 0.2) is 0 Å². The fourth-order valence-electron chi connectivity index (χ4n) is 1.59. The number of aromatic nitrogens is 1. The summed E-state index contributed by atoms with van der Waals surface area (Å²) in [7, 11) is 0. The molecule has 0 aliphatic heterocycles. The summed E-state index contributed by atoms with van der Waals surface area (Å²) in [6.45, 7) is 8.16. The molecule has 3 heteroatoms. The second kappa shape index (κ2) is 4.89. The molecule has 0 aliphatic rings. The Kier molecular flexibility index (Phi) is 4.08. The number of aliphatic hydroxyl groups is 1. The van der Waals surface area contributed by atoms with E-state index in [4.69, 9.17) is 0 Å². The van der Waals surface area contributed by atoms with E-state index in [0.29, 0.717) is 5.92 Å². The third kappa shape index (κ3) is 3.39. The minimum Gasteiger partial charge on any atom is -0.393 e. The highest BCUT2D eigenvalue weighted by Gasteiger charge is 2.10. The van der Waals surface area contributed by atoms with Gasteiger partial charge in [-0.15, -0.1) is 11.3 Å². The van der Waals surface area contributed by atoms with E-state index in [2.05, 4.69) is 25.8 Å². The van der Waals surface area contributed by atoms with E-state index in [0.717, 1.165) is 18.5 Å². The Morgan fingerprint density at radius 3 is 2.43 bits per heavy atom. The Morgan fingerprint density at radius 2 is 2.00 bits per heavy atom. The first kappa shape index (κ1) is 11.7. The molecular weight excluding hydrogens is 194 g/mol. The molecule has 2 unspecified atom stereocenters. The minimum atomic E-state index is -0.202. The SMILES string of the molecule is Cc1nc(CC(C)CC(C)O)sc1C. The number of hydrogen-bond donors (Lipinski definition) is 1. The van der Waals surface area contributed by atoms with Gasteiger partial charge in [-0.1, -0.05) is 6.92 Å². The second-order valence-electron chi connectivity index (χ2n) is 4.14. The van der Waals surface area contributed by atoms with Crippen LogP contribution in [-0.2, 0) is 6.42 Å². The maximum Gasteiger partial charge on any atom is 0.0933 e. The van der Waals surface area contributed by atoms with Gasteiger partial charge in [-0.05, 0) is 33.1 Å². The molecular formula is C11H19NOS. The topological polar surface area (TPSA) is 33.1 Å². The standard InChI is InChI=1S/C11H19NOS/c1-7(5-8(2)13)6-11-12-9(3)10(4)14-11/h7-8,13H,5-6H2,1-4H3. The zero-order valence-electron chi connectivity index (χ0n) is 9.37. The van der Waals surface area contributed by atoms with Gasteiger partial charge in [0, 0.05) is 11.3 Å². The van der Waals surface area contributed by atoms with E-state index in [1.807, 2.05) is 6.92 Å². The van der Waals surface area contributed by atoms with E-state index in [1.54, 1.807) is 11.3 Å². The molecule has 2 atom stereocenters. The van der Waals surface area contributed by atoms with Gasteiger partial charge >= 0.3 is 0 Å². The Hall–Kier alpha value is -0.410. The molecule has 1 aromatic rings. The minimum absolute atomic E-state index is 0.202. The smallest absolute Gasteiger partial charge is 0.0933 e. The maximum atomic E-state index is 9.24. The van der Waals surface area contributed by atoms with Gasteiger partial charge in [0.05, 0.1) is 16.8 Å². The molecule has 0 fully saturated rings. The molecule has 0 amide bonds. The van der Waals surface area contributed by atoms with Gasteiger partial charge in [-0.25, -0.2) is 4.98 Å². The Bertz CT molecular complexity index is 274. The summed E-state index contributed by atoms with van der Waals surface area (Å²) in [5.41, 5.74) is 1.15. The van der Waals surface area contributed by atoms with Crippen LogP contribution in [0.25, 0.3) is 0 Å². The van der Waals surface area contributed by atoms with E-state index >= 15 is 0 Å². The fourth-order valence-corrected chi connectivity index (χ4v) is 2.69. The Labute approximate surface area is 90.0 Å². The summed E-state index contributed by atoms with van der Waals surface area (Å²) in [5.74, 6) is 0.514. The second-order valence-corrected chi connectivity index (χ2v) is 5.43. The van der Waals surface area contributed by atoms with Crippen LogP contribution in [0.3, 0.4) is 0 Å². The van der Waals surface area contributed by atoms with E-state index in [9.17, 15) is 5.11 Å². The van der Waals surface area contributed by atoms with E-state index in [-0.39, 0.29) is 6.10 Å². The van der Waals surface area contributed by atoms with Crippen molar-refractivity contribution >= 4 is 11.3 Å². The number of thiazole rings is 1. The van der Waals surface area contributed by atoms with Crippen LogP contribution in [0.1, 0.15) is 35.8 Å². The number of nitrogens with zero attached hydrogens (tertiary/aromatic N) is 1. The van der Waals surface area contributed by atoms with Crippen molar-refractivity contribution in [3.8, 4) is 0 Å². The van der Waals surface area contributed by atoms with Crippen LogP contribution in [-0.4, -0.2) is 16.2 Å². The molecule has 0 bridgehead atoms. The van der Waals surface area contributed by atoms with Crippen molar-refractivity contribution in [3.05, 3.63) is 15.6 Å². The Morgan fingerprint density at radius 1 is 1.36 bits per heavy atom. The molecule has 2 nitrogen and oxygen atoms in total. The zero-order valence-corrected chi connectivity index (χ0v) is 10.2. The lowest BCUT2D eigenvalue weighted by molar-refractivity contribution is 0.164. The average molecular weight is 213 g/mol. The van der Waals surface area contributed by atoms with Gasteiger partial charge in [-0.2, -0.15) is 0 Å².